The van der Waals surface area contributed by atoms with E-state index in [0.717, 1.165) is 25.1 Å². The fourth-order valence-corrected chi connectivity index (χ4v) is 2.37. The lowest BCUT2D eigenvalue weighted by Crippen LogP contribution is -2.36. The van der Waals surface area contributed by atoms with E-state index in [2.05, 4.69) is 11.0 Å². The minimum absolute atomic E-state index is 0.141. The number of nitriles is 1. The highest BCUT2D eigenvalue weighted by atomic mass is 16.2. The van der Waals surface area contributed by atoms with Crippen LogP contribution in [0.3, 0.4) is 0 Å². The molecule has 1 heterocycles. The summed E-state index contributed by atoms with van der Waals surface area (Å²) in [5.74, 6) is -0.0281. The van der Waals surface area contributed by atoms with Crippen LogP contribution in [0.4, 0.5) is 0 Å². The van der Waals surface area contributed by atoms with E-state index in [4.69, 9.17) is 0 Å². The van der Waals surface area contributed by atoms with Gasteiger partial charge in [-0.25, -0.2) is 0 Å². The third-order valence-corrected chi connectivity index (χ3v) is 3.55. The summed E-state index contributed by atoms with van der Waals surface area (Å²) in [5, 5.41) is 9.33. The van der Waals surface area contributed by atoms with Crippen LogP contribution in [0.1, 0.15) is 17.9 Å². The van der Waals surface area contributed by atoms with Crippen molar-refractivity contribution in [2.75, 3.05) is 33.2 Å². The van der Waals surface area contributed by atoms with Crippen LogP contribution in [0.25, 0.3) is 0 Å². The number of rotatable bonds is 3. The van der Waals surface area contributed by atoms with Gasteiger partial charge < -0.3 is 4.90 Å². The Hall–Kier alpha value is -1.86. The van der Waals surface area contributed by atoms with Crippen LogP contribution in [0, 0.1) is 11.3 Å². The first kappa shape index (κ1) is 13.6. The highest BCUT2D eigenvalue weighted by molar-refractivity contribution is 5.78. The molecule has 0 N–H and O–H groups in total. The molecule has 19 heavy (non-hydrogen) atoms. The molecule has 0 radical (unpaired) electrons. The lowest BCUT2D eigenvalue weighted by atomic mass is 10.00. The zero-order valence-electron chi connectivity index (χ0n) is 11.2. The smallest absolute Gasteiger partial charge is 0.236 e. The van der Waals surface area contributed by atoms with Gasteiger partial charge in [0.25, 0.3) is 0 Å². The number of nitrogens with zero attached hydrogens (tertiary/aromatic N) is 3. The van der Waals surface area contributed by atoms with Crippen molar-refractivity contribution < 1.29 is 4.79 Å². The molecule has 2 rings (SSSR count). The molecule has 100 valence electrons. The van der Waals surface area contributed by atoms with Crippen LogP contribution in [0.2, 0.25) is 0 Å². The number of hydrogen-bond donors (Lipinski definition) is 0. The summed E-state index contributed by atoms with van der Waals surface area (Å²) in [5.41, 5.74) is 1.02. The Morgan fingerprint density at radius 3 is 2.74 bits per heavy atom. The molecule has 1 amide bonds. The summed E-state index contributed by atoms with van der Waals surface area (Å²) in [6.45, 7) is 2.72. The van der Waals surface area contributed by atoms with Gasteiger partial charge in [-0.05, 0) is 12.0 Å². The Labute approximate surface area is 114 Å². The van der Waals surface area contributed by atoms with Gasteiger partial charge in [-0.1, -0.05) is 30.3 Å². The Balaban J connectivity index is 2.03. The topological polar surface area (TPSA) is 47.3 Å². The lowest BCUT2D eigenvalue weighted by Gasteiger charge is -2.22. The normalized spacial score (nSPS) is 18.7. The minimum atomic E-state index is -0.169. The number of amides is 1. The Morgan fingerprint density at radius 2 is 2.05 bits per heavy atom. The van der Waals surface area contributed by atoms with E-state index >= 15 is 0 Å². The number of likely N-dealkylation sites (N-methyl/N-ethyl adjacent to an activating group) is 1. The highest BCUT2D eigenvalue weighted by Crippen LogP contribution is 2.17. The van der Waals surface area contributed by atoms with Crippen LogP contribution >= 0.6 is 0 Å². The molecule has 0 aromatic heterocycles. The van der Waals surface area contributed by atoms with Gasteiger partial charge >= 0.3 is 0 Å². The summed E-state index contributed by atoms with van der Waals surface area (Å²) in [6.07, 6.45) is 0.967. The Morgan fingerprint density at radius 1 is 1.32 bits per heavy atom. The maximum atomic E-state index is 11.8. The average molecular weight is 257 g/mol. The predicted octanol–water partition coefficient (Wildman–Crippen LogP) is 1.46. The Bertz CT molecular complexity index is 466. The van der Waals surface area contributed by atoms with Gasteiger partial charge in [0, 0.05) is 26.7 Å². The van der Waals surface area contributed by atoms with Crippen LogP contribution in [0.15, 0.2) is 30.3 Å². The molecule has 4 nitrogen and oxygen atoms in total. The van der Waals surface area contributed by atoms with Crippen LogP contribution in [0.5, 0.6) is 0 Å². The van der Waals surface area contributed by atoms with Crippen molar-refractivity contribution >= 4 is 5.91 Å². The third kappa shape index (κ3) is 3.55. The molecule has 0 saturated carbocycles. The van der Waals surface area contributed by atoms with E-state index in [1.54, 1.807) is 4.90 Å². The van der Waals surface area contributed by atoms with E-state index in [0.29, 0.717) is 13.1 Å². The monoisotopic (exact) mass is 257 g/mol. The van der Waals surface area contributed by atoms with Crippen molar-refractivity contribution in [2.45, 2.75) is 12.3 Å². The van der Waals surface area contributed by atoms with Crippen LogP contribution < -0.4 is 0 Å². The highest BCUT2D eigenvalue weighted by Gasteiger charge is 2.22. The van der Waals surface area contributed by atoms with Gasteiger partial charge in [0.2, 0.25) is 5.91 Å². The molecule has 1 aliphatic rings. The van der Waals surface area contributed by atoms with Crippen molar-refractivity contribution in [3.8, 4) is 6.07 Å². The van der Waals surface area contributed by atoms with Gasteiger partial charge in [-0.2, -0.15) is 5.26 Å². The number of carbonyl (C=O) groups excluding carboxylic acids is 1. The van der Waals surface area contributed by atoms with Crippen molar-refractivity contribution in [1.82, 2.24) is 9.80 Å². The van der Waals surface area contributed by atoms with Crippen molar-refractivity contribution in [1.29, 1.82) is 5.26 Å². The number of carbonyl (C=O) groups is 1. The molecular formula is C15H19N3O. The largest absolute Gasteiger partial charge is 0.345 e. The zero-order chi connectivity index (χ0) is 13.7. The SMILES string of the molecule is CN1CCCN(CC(C#N)c2ccccc2)CC1=O. The standard InChI is InChI=1S/C15H19N3O/c1-17-8-5-9-18(12-15(17)19)11-14(10-16)13-6-3-2-4-7-13/h2-4,6-7,14H,5,8-9,11-12H2,1H3. The van der Waals surface area contributed by atoms with Gasteiger partial charge in [-0.3, -0.25) is 9.69 Å². The van der Waals surface area contributed by atoms with Gasteiger partial charge in [0.05, 0.1) is 18.5 Å². The molecule has 1 saturated heterocycles. The second kappa shape index (κ2) is 6.35. The summed E-state index contributed by atoms with van der Waals surface area (Å²) in [4.78, 5) is 15.7. The second-order valence-electron chi connectivity index (χ2n) is 5.00. The summed E-state index contributed by atoms with van der Waals surface area (Å²) in [6, 6.07) is 12.1. The van der Waals surface area contributed by atoms with Gasteiger partial charge in [-0.15, -0.1) is 0 Å². The molecule has 0 spiro atoms. The van der Waals surface area contributed by atoms with Crippen molar-refractivity contribution in [2.24, 2.45) is 0 Å². The van der Waals surface area contributed by atoms with Crippen LogP contribution in [-0.2, 0) is 4.79 Å². The van der Waals surface area contributed by atoms with E-state index in [1.165, 1.54) is 0 Å². The summed E-state index contributed by atoms with van der Waals surface area (Å²) in [7, 11) is 1.84. The maximum Gasteiger partial charge on any atom is 0.236 e. The fourth-order valence-electron chi connectivity index (χ4n) is 2.37. The fraction of sp³-hybridized carbons (Fsp3) is 0.467. The first-order valence-electron chi connectivity index (χ1n) is 6.61. The van der Waals surface area contributed by atoms with E-state index in [1.807, 2.05) is 37.4 Å². The maximum absolute atomic E-state index is 11.8. The molecule has 1 unspecified atom stereocenters. The average Bonchev–Trinajstić information content (AvgIpc) is 2.59. The lowest BCUT2D eigenvalue weighted by molar-refractivity contribution is -0.129. The predicted molar refractivity (Wildman–Crippen MR) is 73.5 cm³/mol. The first-order valence-corrected chi connectivity index (χ1v) is 6.61. The first-order chi connectivity index (χ1) is 9.20. The quantitative estimate of drug-likeness (QED) is 0.823. The molecule has 1 aromatic rings. The van der Waals surface area contributed by atoms with E-state index in [9.17, 15) is 10.1 Å². The molecule has 1 aromatic carbocycles. The molecule has 0 aliphatic carbocycles. The van der Waals surface area contributed by atoms with Gasteiger partial charge in [0.1, 0.15) is 0 Å². The second-order valence-corrected chi connectivity index (χ2v) is 5.00. The Kier molecular flexibility index (Phi) is 4.53. The zero-order valence-corrected chi connectivity index (χ0v) is 11.2. The minimum Gasteiger partial charge on any atom is -0.345 e. The molecule has 1 fully saturated rings. The van der Waals surface area contributed by atoms with E-state index < -0.39 is 0 Å². The molecule has 0 bridgehead atoms. The number of benzene rings is 1. The molecular weight excluding hydrogens is 238 g/mol. The van der Waals surface area contributed by atoms with Crippen molar-refractivity contribution in [3.05, 3.63) is 35.9 Å². The van der Waals surface area contributed by atoms with E-state index in [-0.39, 0.29) is 11.8 Å². The molecule has 4 heteroatoms. The summed E-state index contributed by atoms with van der Waals surface area (Å²) < 4.78 is 0. The molecule has 1 aliphatic heterocycles. The van der Waals surface area contributed by atoms with Gasteiger partial charge in [0.15, 0.2) is 0 Å². The van der Waals surface area contributed by atoms with Crippen LogP contribution in [-0.4, -0.2) is 48.9 Å². The molecule has 1 atom stereocenters. The third-order valence-electron chi connectivity index (χ3n) is 3.55. The van der Waals surface area contributed by atoms with Crippen molar-refractivity contribution in [3.63, 3.8) is 0 Å². The summed E-state index contributed by atoms with van der Waals surface area (Å²) >= 11 is 0. The number of hydrogen-bond acceptors (Lipinski definition) is 3.